The van der Waals surface area contributed by atoms with Crippen molar-refractivity contribution < 1.29 is 4.79 Å². The van der Waals surface area contributed by atoms with E-state index in [1.54, 1.807) is 16.2 Å². The molecule has 5 heteroatoms. The molecule has 1 amide bonds. The van der Waals surface area contributed by atoms with E-state index in [9.17, 15) is 9.59 Å². The normalized spacial score (nSPS) is 16.1. The molecule has 0 fully saturated rings. The molecule has 0 spiro atoms. The zero-order chi connectivity index (χ0) is 17.4. The first-order valence-electron chi connectivity index (χ1n) is 8.66. The van der Waals surface area contributed by atoms with Gasteiger partial charge >= 0.3 is 5.69 Å². The van der Waals surface area contributed by atoms with Crippen LogP contribution in [-0.4, -0.2) is 15.0 Å². The smallest absolute Gasteiger partial charge is 0.328 e. The van der Waals surface area contributed by atoms with E-state index in [-0.39, 0.29) is 17.6 Å². The van der Waals surface area contributed by atoms with Gasteiger partial charge in [0.2, 0.25) is 5.91 Å². The number of nitrogens with zero attached hydrogens (tertiary/aromatic N) is 2. The first-order valence-corrected chi connectivity index (χ1v) is 8.66. The number of rotatable bonds is 4. The molecule has 1 aliphatic carbocycles. The maximum absolute atomic E-state index is 12.4. The van der Waals surface area contributed by atoms with Gasteiger partial charge in [-0.05, 0) is 36.1 Å². The zero-order valence-corrected chi connectivity index (χ0v) is 14.2. The van der Waals surface area contributed by atoms with E-state index >= 15 is 0 Å². The summed E-state index contributed by atoms with van der Waals surface area (Å²) in [5, 5.41) is 3.12. The Morgan fingerprint density at radius 3 is 2.68 bits per heavy atom. The molecule has 1 N–H and O–H groups in total. The van der Waals surface area contributed by atoms with Crippen molar-refractivity contribution in [1.29, 1.82) is 0 Å². The number of hydrogen-bond acceptors (Lipinski definition) is 2. The molecule has 0 saturated heterocycles. The van der Waals surface area contributed by atoms with Crippen molar-refractivity contribution >= 4 is 16.9 Å². The van der Waals surface area contributed by atoms with Gasteiger partial charge in [0.25, 0.3) is 0 Å². The number of carbonyl (C=O) groups excluding carboxylic acids is 1. The van der Waals surface area contributed by atoms with Crippen LogP contribution in [-0.2, 0) is 24.8 Å². The minimum Gasteiger partial charge on any atom is -0.349 e. The molecule has 128 valence electrons. The molecule has 5 nitrogen and oxygen atoms in total. The van der Waals surface area contributed by atoms with Crippen LogP contribution in [0.2, 0.25) is 0 Å². The molecule has 0 aliphatic heterocycles. The van der Waals surface area contributed by atoms with Crippen molar-refractivity contribution in [2.24, 2.45) is 7.05 Å². The number of aryl methyl sites for hydroxylation is 3. The maximum Gasteiger partial charge on any atom is 0.328 e. The van der Waals surface area contributed by atoms with Crippen molar-refractivity contribution in [3.63, 3.8) is 0 Å². The average Bonchev–Trinajstić information content (AvgIpc) is 3.14. The molecule has 0 saturated carbocycles. The molecule has 3 aromatic rings. The van der Waals surface area contributed by atoms with Gasteiger partial charge in [0.1, 0.15) is 0 Å². The number of aromatic nitrogens is 2. The first-order chi connectivity index (χ1) is 12.1. The van der Waals surface area contributed by atoms with E-state index in [4.69, 9.17) is 0 Å². The largest absolute Gasteiger partial charge is 0.349 e. The van der Waals surface area contributed by atoms with Gasteiger partial charge in [0.15, 0.2) is 0 Å². The van der Waals surface area contributed by atoms with Gasteiger partial charge in [-0.3, -0.25) is 13.9 Å². The van der Waals surface area contributed by atoms with E-state index in [0.717, 1.165) is 23.9 Å². The number of para-hydroxylation sites is 2. The molecule has 0 radical (unpaired) electrons. The summed E-state index contributed by atoms with van der Waals surface area (Å²) in [6.45, 7) is 0.389. The Kier molecular flexibility index (Phi) is 3.92. The van der Waals surface area contributed by atoms with Crippen LogP contribution in [0, 0.1) is 0 Å². The second kappa shape index (κ2) is 6.24. The van der Waals surface area contributed by atoms with Crippen LogP contribution < -0.4 is 11.0 Å². The molecule has 25 heavy (non-hydrogen) atoms. The SMILES string of the molecule is Cn1c(=O)n(CCC(=O)NC2CCc3ccccc32)c2ccccc21. The van der Waals surface area contributed by atoms with Gasteiger partial charge in [0.05, 0.1) is 17.1 Å². The molecule has 1 atom stereocenters. The minimum absolute atomic E-state index is 0.0125. The third kappa shape index (κ3) is 2.76. The number of nitrogens with one attached hydrogen (secondary N) is 1. The topological polar surface area (TPSA) is 56.0 Å². The minimum atomic E-state index is -0.0831. The molecule has 0 bridgehead atoms. The van der Waals surface area contributed by atoms with Crippen molar-refractivity contribution in [3.05, 3.63) is 70.1 Å². The third-order valence-electron chi connectivity index (χ3n) is 5.08. The highest BCUT2D eigenvalue weighted by Crippen LogP contribution is 2.30. The second-order valence-corrected chi connectivity index (χ2v) is 6.59. The van der Waals surface area contributed by atoms with Crippen molar-refractivity contribution in [2.75, 3.05) is 0 Å². The van der Waals surface area contributed by atoms with Crippen molar-refractivity contribution in [2.45, 2.75) is 31.8 Å². The van der Waals surface area contributed by atoms with E-state index in [0.29, 0.717) is 13.0 Å². The summed E-state index contributed by atoms with van der Waals surface area (Å²) in [5.41, 5.74) is 4.21. The standard InChI is InChI=1S/C20H21N3O2/c1-22-17-8-4-5-9-18(17)23(20(22)25)13-12-19(24)21-16-11-10-14-6-2-3-7-15(14)16/h2-9,16H,10-13H2,1H3,(H,21,24). The Labute approximate surface area is 145 Å². The maximum atomic E-state index is 12.4. The fraction of sp³-hybridized carbons (Fsp3) is 0.300. The summed E-state index contributed by atoms with van der Waals surface area (Å²) >= 11 is 0. The van der Waals surface area contributed by atoms with Crippen LogP contribution in [0.5, 0.6) is 0 Å². The van der Waals surface area contributed by atoms with Crippen molar-refractivity contribution in [1.82, 2.24) is 14.5 Å². The molecule has 2 aromatic carbocycles. The van der Waals surface area contributed by atoms with E-state index in [2.05, 4.69) is 17.4 Å². The number of hydrogen-bond donors (Lipinski definition) is 1. The van der Waals surface area contributed by atoms with Gasteiger partial charge in [-0.15, -0.1) is 0 Å². The summed E-state index contributed by atoms with van der Waals surface area (Å²) in [6, 6.07) is 16.0. The summed E-state index contributed by atoms with van der Waals surface area (Å²) in [5.74, 6) is -0.0125. The summed E-state index contributed by atoms with van der Waals surface area (Å²) < 4.78 is 3.30. The van der Waals surface area contributed by atoms with Gasteiger partial charge in [-0.2, -0.15) is 0 Å². The quantitative estimate of drug-likeness (QED) is 0.796. The fourth-order valence-corrected chi connectivity index (χ4v) is 3.77. The number of benzene rings is 2. The Hall–Kier alpha value is -2.82. The van der Waals surface area contributed by atoms with Crippen LogP contribution >= 0.6 is 0 Å². The lowest BCUT2D eigenvalue weighted by atomic mass is 10.1. The van der Waals surface area contributed by atoms with Crippen LogP contribution in [0.15, 0.2) is 53.3 Å². The molecule has 1 unspecified atom stereocenters. The van der Waals surface area contributed by atoms with E-state index in [1.807, 2.05) is 36.4 Å². The summed E-state index contributed by atoms with van der Waals surface area (Å²) in [7, 11) is 1.76. The number of fused-ring (bicyclic) bond motifs is 2. The van der Waals surface area contributed by atoms with E-state index < -0.39 is 0 Å². The lowest BCUT2D eigenvalue weighted by Crippen LogP contribution is -2.30. The van der Waals surface area contributed by atoms with Crippen LogP contribution in [0.1, 0.15) is 30.0 Å². The molecule has 4 rings (SSSR count). The second-order valence-electron chi connectivity index (χ2n) is 6.59. The Morgan fingerprint density at radius 2 is 1.84 bits per heavy atom. The monoisotopic (exact) mass is 335 g/mol. The lowest BCUT2D eigenvalue weighted by Gasteiger charge is -2.14. The van der Waals surface area contributed by atoms with Crippen molar-refractivity contribution in [3.8, 4) is 0 Å². The number of imidazole rings is 1. The predicted molar refractivity (Wildman–Crippen MR) is 97.4 cm³/mol. The molecule has 1 aromatic heterocycles. The molecular formula is C20H21N3O2. The van der Waals surface area contributed by atoms with Crippen LogP contribution in [0.25, 0.3) is 11.0 Å². The van der Waals surface area contributed by atoms with Crippen LogP contribution in [0.4, 0.5) is 0 Å². The number of carbonyl (C=O) groups is 1. The zero-order valence-electron chi connectivity index (χ0n) is 14.2. The Balaban J connectivity index is 1.47. The highest BCUT2D eigenvalue weighted by molar-refractivity contribution is 5.78. The average molecular weight is 335 g/mol. The summed E-state index contributed by atoms with van der Waals surface area (Å²) in [6.07, 6.45) is 2.25. The lowest BCUT2D eigenvalue weighted by molar-refractivity contribution is -0.122. The highest BCUT2D eigenvalue weighted by atomic mass is 16.2. The molecular weight excluding hydrogens is 314 g/mol. The molecule has 1 aliphatic rings. The van der Waals surface area contributed by atoms with Gasteiger partial charge < -0.3 is 5.32 Å². The number of amides is 1. The highest BCUT2D eigenvalue weighted by Gasteiger charge is 2.23. The van der Waals surface area contributed by atoms with E-state index in [1.165, 1.54) is 11.1 Å². The van der Waals surface area contributed by atoms with Crippen LogP contribution in [0.3, 0.4) is 0 Å². The molecule has 1 heterocycles. The fourth-order valence-electron chi connectivity index (χ4n) is 3.77. The Morgan fingerprint density at radius 1 is 1.12 bits per heavy atom. The first kappa shape index (κ1) is 15.7. The predicted octanol–water partition coefficient (Wildman–Crippen LogP) is 2.53. The Bertz CT molecular complexity index is 1000. The summed E-state index contributed by atoms with van der Waals surface area (Å²) in [4.78, 5) is 24.8. The van der Waals surface area contributed by atoms with Gasteiger partial charge in [-0.1, -0.05) is 36.4 Å². The third-order valence-corrected chi connectivity index (χ3v) is 5.08. The van der Waals surface area contributed by atoms with Gasteiger partial charge in [-0.25, -0.2) is 4.79 Å². The van der Waals surface area contributed by atoms with Gasteiger partial charge in [0, 0.05) is 20.0 Å².